The van der Waals surface area contributed by atoms with Crippen LogP contribution in [0.1, 0.15) is 19.8 Å². The van der Waals surface area contributed by atoms with Crippen molar-refractivity contribution < 1.29 is 9.59 Å². The number of nitrogens with zero attached hydrogens (tertiary/aromatic N) is 1. The van der Waals surface area contributed by atoms with Crippen LogP contribution >= 0.6 is 0 Å². The van der Waals surface area contributed by atoms with Gasteiger partial charge in [0.1, 0.15) is 0 Å². The zero-order valence-corrected chi connectivity index (χ0v) is 8.19. The van der Waals surface area contributed by atoms with E-state index in [0.717, 1.165) is 12.1 Å². The van der Waals surface area contributed by atoms with Gasteiger partial charge in [-0.05, 0) is 18.9 Å². The first-order valence-corrected chi connectivity index (χ1v) is 4.98. The lowest BCUT2D eigenvalue weighted by Crippen LogP contribution is -2.27. The van der Waals surface area contributed by atoms with Crippen molar-refractivity contribution in [2.24, 2.45) is 5.92 Å². The molecule has 2 rings (SSSR count). The Balaban J connectivity index is 2.32. The fourth-order valence-electron chi connectivity index (χ4n) is 1.99. The number of hydrogen-bond acceptors (Lipinski definition) is 2. The molecule has 0 aromatic heterocycles. The van der Waals surface area contributed by atoms with Crippen LogP contribution in [0, 0.1) is 5.92 Å². The van der Waals surface area contributed by atoms with Gasteiger partial charge in [-0.25, -0.2) is 0 Å². The molecule has 0 saturated carbocycles. The van der Waals surface area contributed by atoms with E-state index in [2.05, 4.69) is 0 Å². The lowest BCUT2D eigenvalue weighted by atomic mass is 9.96. The molecule has 1 unspecified atom stereocenters. The molecule has 3 nitrogen and oxygen atoms in total. The standard InChI is InChI=1S/C11H13NO2/c1-2-7-12-9-6-4-3-5-8(9)10(13)11(12)14/h3-4,6,8H,2,5,7H2,1H3. The van der Waals surface area contributed by atoms with Crippen LogP contribution in [0.15, 0.2) is 23.9 Å². The summed E-state index contributed by atoms with van der Waals surface area (Å²) in [4.78, 5) is 24.7. The summed E-state index contributed by atoms with van der Waals surface area (Å²) in [6.45, 7) is 2.66. The molecule has 74 valence electrons. The van der Waals surface area contributed by atoms with Crippen molar-refractivity contribution in [2.45, 2.75) is 19.8 Å². The van der Waals surface area contributed by atoms with Crippen LogP contribution < -0.4 is 0 Å². The number of hydrogen-bond donors (Lipinski definition) is 0. The molecule has 0 aromatic rings. The number of amides is 1. The summed E-state index contributed by atoms with van der Waals surface area (Å²) in [5.74, 6) is -0.764. The van der Waals surface area contributed by atoms with Crippen LogP contribution in [0.4, 0.5) is 0 Å². The molecule has 1 atom stereocenters. The highest BCUT2D eigenvalue weighted by Crippen LogP contribution is 2.31. The van der Waals surface area contributed by atoms with Gasteiger partial charge in [0.05, 0.1) is 5.92 Å². The second kappa shape index (κ2) is 3.40. The Labute approximate surface area is 83.1 Å². The number of carbonyl (C=O) groups excluding carboxylic acids is 2. The van der Waals surface area contributed by atoms with Gasteiger partial charge in [0, 0.05) is 12.2 Å². The third-order valence-electron chi connectivity index (χ3n) is 2.66. The van der Waals surface area contributed by atoms with Gasteiger partial charge < -0.3 is 4.90 Å². The maximum absolute atomic E-state index is 11.6. The van der Waals surface area contributed by atoms with Gasteiger partial charge in [0.2, 0.25) is 5.78 Å². The monoisotopic (exact) mass is 191 g/mol. The second-order valence-electron chi connectivity index (χ2n) is 3.63. The van der Waals surface area contributed by atoms with Crippen LogP contribution in [0.5, 0.6) is 0 Å². The van der Waals surface area contributed by atoms with Crippen LogP contribution in [0.25, 0.3) is 0 Å². The third-order valence-corrected chi connectivity index (χ3v) is 2.66. The number of likely N-dealkylation sites (tertiary alicyclic amines) is 1. The van der Waals surface area contributed by atoms with E-state index in [0.29, 0.717) is 13.0 Å². The van der Waals surface area contributed by atoms with Crippen LogP contribution in [0.2, 0.25) is 0 Å². The van der Waals surface area contributed by atoms with E-state index >= 15 is 0 Å². The molecule has 0 aromatic carbocycles. The summed E-state index contributed by atoms with van der Waals surface area (Å²) in [5, 5.41) is 0. The Morgan fingerprint density at radius 1 is 1.50 bits per heavy atom. The second-order valence-corrected chi connectivity index (χ2v) is 3.63. The van der Waals surface area contributed by atoms with Crippen molar-refractivity contribution in [3.8, 4) is 0 Å². The Morgan fingerprint density at radius 3 is 3.00 bits per heavy atom. The van der Waals surface area contributed by atoms with Gasteiger partial charge in [0.25, 0.3) is 5.91 Å². The van der Waals surface area contributed by atoms with E-state index in [1.165, 1.54) is 0 Å². The molecule has 1 aliphatic carbocycles. The SMILES string of the molecule is CCCN1C(=O)C(=O)C2CC=CC=C21. The molecule has 0 spiro atoms. The van der Waals surface area contributed by atoms with Gasteiger partial charge >= 0.3 is 0 Å². The summed E-state index contributed by atoms with van der Waals surface area (Å²) in [6, 6.07) is 0. The summed E-state index contributed by atoms with van der Waals surface area (Å²) in [7, 11) is 0. The molecule has 2 aliphatic rings. The van der Waals surface area contributed by atoms with E-state index in [9.17, 15) is 9.59 Å². The van der Waals surface area contributed by atoms with Crippen LogP contribution in [-0.2, 0) is 9.59 Å². The number of ketones is 1. The van der Waals surface area contributed by atoms with Gasteiger partial charge in [-0.1, -0.05) is 19.1 Å². The highest BCUT2D eigenvalue weighted by atomic mass is 16.2. The van der Waals surface area contributed by atoms with Crippen LogP contribution in [0.3, 0.4) is 0 Å². The minimum Gasteiger partial charge on any atom is -0.309 e. The minimum atomic E-state index is -0.327. The largest absolute Gasteiger partial charge is 0.309 e. The smallest absolute Gasteiger partial charge is 0.294 e. The van der Waals surface area contributed by atoms with Gasteiger partial charge in [0.15, 0.2) is 0 Å². The Kier molecular flexibility index (Phi) is 2.23. The molecule has 1 saturated heterocycles. The molecule has 1 amide bonds. The molecule has 14 heavy (non-hydrogen) atoms. The van der Waals surface area contributed by atoms with Crippen molar-refractivity contribution in [1.29, 1.82) is 0 Å². The van der Waals surface area contributed by atoms with E-state index in [1.807, 2.05) is 25.2 Å². The van der Waals surface area contributed by atoms with Crippen molar-refractivity contribution in [3.63, 3.8) is 0 Å². The minimum absolute atomic E-state index is 0.195. The van der Waals surface area contributed by atoms with Crippen molar-refractivity contribution in [2.75, 3.05) is 6.54 Å². The zero-order chi connectivity index (χ0) is 10.1. The molecule has 3 heteroatoms. The summed E-state index contributed by atoms with van der Waals surface area (Å²) in [6.07, 6.45) is 7.30. The third kappa shape index (κ3) is 1.20. The van der Waals surface area contributed by atoms with E-state index < -0.39 is 0 Å². The average molecular weight is 191 g/mol. The van der Waals surface area contributed by atoms with Crippen LogP contribution in [-0.4, -0.2) is 23.1 Å². The molecule has 1 aliphatic heterocycles. The number of allylic oxidation sites excluding steroid dienone is 4. The summed E-state index contributed by atoms with van der Waals surface area (Å²) < 4.78 is 0. The maximum atomic E-state index is 11.6. The average Bonchev–Trinajstić information content (AvgIpc) is 2.45. The zero-order valence-electron chi connectivity index (χ0n) is 8.19. The Hall–Kier alpha value is -1.38. The Bertz CT molecular complexity index is 341. The maximum Gasteiger partial charge on any atom is 0.294 e. The quantitative estimate of drug-likeness (QED) is 0.616. The highest BCUT2D eigenvalue weighted by Gasteiger charge is 2.42. The van der Waals surface area contributed by atoms with Crippen molar-refractivity contribution in [1.82, 2.24) is 4.90 Å². The first-order chi connectivity index (χ1) is 6.75. The lowest BCUT2D eigenvalue weighted by Gasteiger charge is -2.19. The Morgan fingerprint density at radius 2 is 2.29 bits per heavy atom. The molecule has 0 radical (unpaired) electrons. The molecular weight excluding hydrogens is 178 g/mol. The molecule has 0 N–H and O–H groups in total. The summed E-state index contributed by atoms with van der Waals surface area (Å²) >= 11 is 0. The fraction of sp³-hybridized carbons (Fsp3) is 0.455. The normalized spacial score (nSPS) is 25.4. The first-order valence-electron chi connectivity index (χ1n) is 4.98. The predicted octanol–water partition coefficient (Wildman–Crippen LogP) is 1.27. The number of carbonyl (C=O) groups is 2. The number of Topliss-reactive ketones (excluding diaryl/α,β-unsaturated/α-hetero) is 1. The summed E-state index contributed by atoms with van der Waals surface area (Å²) in [5.41, 5.74) is 0.893. The topological polar surface area (TPSA) is 37.4 Å². The molecular formula is C11H13NO2. The number of rotatable bonds is 2. The van der Waals surface area contributed by atoms with E-state index in [1.54, 1.807) is 4.90 Å². The molecule has 0 bridgehead atoms. The first kappa shape index (κ1) is 9.19. The van der Waals surface area contributed by atoms with Crippen molar-refractivity contribution in [3.05, 3.63) is 23.9 Å². The van der Waals surface area contributed by atoms with Gasteiger partial charge in [-0.2, -0.15) is 0 Å². The number of fused-ring (bicyclic) bond motifs is 1. The lowest BCUT2D eigenvalue weighted by molar-refractivity contribution is -0.140. The van der Waals surface area contributed by atoms with E-state index in [-0.39, 0.29) is 17.6 Å². The highest BCUT2D eigenvalue weighted by molar-refractivity contribution is 6.40. The molecule has 1 heterocycles. The van der Waals surface area contributed by atoms with Crippen molar-refractivity contribution >= 4 is 11.7 Å². The predicted molar refractivity (Wildman–Crippen MR) is 52.3 cm³/mol. The molecule has 1 fully saturated rings. The van der Waals surface area contributed by atoms with E-state index in [4.69, 9.17) is 0 Å². The fourth-order valence-corrected chi connectivity index (χ4v) is 1.99. The van der Waals surface area contributed by atoms with Gasteiger partial charge in [-0.15, -0.1) is 0 Å². The van der Waals surface area contributed by atoms with Gasteiger partial charge in [-0.3, -0.25) is 9.59 Å².